The summed E-state index contributed by atoms with van der Waals surface area (Å²) in [5.41, 5.74) is 2.97. The number of para-hydroxylation sites is 1. The Bertz CT molecular complexity index is 1440. The zero-order chi connectivity index (χ0) is 22.8. The van der Waals surface area contributed by atoms with Gasteiger partial charge in [0.15, 0.2) is 5.70 Å². The van der Waals surface area contributed by atoms with Crippen LogP contribution in [0.3, 0.4) is 0 Å². The number of cyclic esters (lactones) is 1. The molecule has 5 heteroatoms. The van der Waals surface area contributed by atoms with Crippen LogP contribution in [0.5, 0.6) is 5.75 Å². The number of carbonyl (C=O) groups is 2. The molecule has 5 rings (SSSR count). The number of aryl methyl sites for hydroxylation is 1. The summed E-state index contributed by atoms with van der Waals surface area (Å²) in [5, 5.41) is 1.77. The summed E-state index contributed by atoms with van der Waals surface area (Å²) in [6.07, 6.45) is 1.56. The highest BCUT2D eigenvalue weighted by atomic mass is 16.6. The lowest BCUT2D eigenvalue weighted by atomic mass is 10.0. The summed E-state index contributed by atoms with van der Waals surface area (Å²) in [5.74, 6) is -0.456. The van der Waals surface area contributed by atoms with Crippen molar-refractivity contribution in [1.29, 1.82) is 0 Å². The van der Waals surface area contributed by atoms with E-state index in [1.165, 1.54) is 0 Å². The smallest absolute Gasteiger partial charge is 0.363 e. The summed E-state index contributed by atoms with van der Waals surface area (Å²) in [6.45, 7) is 1.98. The Morgan fingerprint density at radius 3 is 2.45 bits per heavy atom. The minimum Gasteiger partial charge on any atom is -0.422 e. The Hall–Kier alpha value is -4.51. The minimum absolute atomic E-state index is 0.138. The number of esters is 2. The van der Waals surface area contributed by atoms with Gasteiger partial charge < -0.3 is 9.47 Å². The highest BCUT2D eigenvalue weighted by Crippen LogP contribution is 2.27. The Kier molecular flexibility index (Phi) is 5.29. The molecule has 160 valence electrons. The molecule has 0 unspecified atom stereocenters. The molecule has 0 saturated carbocycles. The molecule has 4 aromatic carbocycles. The van der Waals surface area contributed by atoms with E-state index in [-0.39, 0.29) is 11.6 Å². The fraction of sp³-hybridized carbons (Fsp3) is 0.0357. The Morgan fingerprint density at radius 2 is 1.61 bits per heavy atom. The van der Waals surface area contributed by atoms with E-state index >= 15 is 0 Å². The van der Waals surface area contributed by atoms with Crippen molar-refractivity contribution < 1.29 is 19.1 Å². The van der Waals surface area contributed by atoms with E-state index in [2.05, 4.69) is 4.99 Å². The lowest BCUT2D eigenvalue weighted by molar-refractivity contribution is -0.129. The maximum absolute atomic E-state index is 13.0. The number of nitrogens with zero attached hydrogens (tertiary/aromatic N) is 1. The molecule has 0 aliphatic carbocycles. The van der Waals surface area contributed by atoms with E-state index < -0.39 is 11.9 Å². The molecule has 0 radical (unpaired) electrons. The van der Waals surface area contributed by atoms with Gasteiger partial charge in [0.25, 0.3) is 0 Å². The van der Waals surface area contributed by atoms with Crippen LogP contribution in [0.15, 0.2) is 102 Å². The number of hydrogen-bond acceptors (Lipinski definition) is 5. The standard InChI is InChI=1S/C28H19NO4/c1-18-13-15-20(16-14-18)26-29-24(28(31)33-26)17-21-8-3-5-12-25(21)32-27(30)23-11-6-9-19-7-2-4-10-22(19)23/h2-17H,1H3. The lowest BCUT2D eigenvalue weighted by Crippen LogP contribution is -2.10. The number of fused-ring (bicyclic) bond motifs is 1. The van der Waals surface area contributed by atoms with Crippen molar-refractivity contribution in [2.75, 3.05) is 0 Å². The third kappa shape index (κ3) is 4.16. The van der Waals surface area contributed by atoms with E-state index in [0.717, 1.165) is 16.3 Å². The lowest BCUT2D eigenvalue weighted by Gasteiger charge is -2.09. The van der Waals surface area contributed by atoms with Gasteiger partial charge >= 0.3 is 11.9 Å². The first-order valence-electron chi connectivity index (χ1n) is 10.5. The molecule has 0 saturated heterocycles. The normalized spacial score (nSPS) is 14.3. The minimum atomic E-state index is -0.555. The number of aliphatic imine (C=N–C) groups is 1. The van der Waals surface area contributed by atoms with Gasteiger partial charge in [-0.1, -0.05) is 72.3 Å². The van der Waals surface area contributed by atoms with Crippen LogP contribution < -0.4 is 4.74 Å². The van der Waals surface area contributed by atoms with Gasteiger partial charge in [-0.3, -0.25) is 0 Å². The molecule has 0 fully saturated rings. The van der Waals surface area contributed by atoms with Crippen LogP contribution >= 0.6 is 0 Å². The van der Waals surface area contributed by atoms with Crippen LogP contribution in [0.1, 0.15) is 27.0 Å². The molecular weight excluding hydrogens is 414 g/mol. The second kappa shape index (κ2) is 8.55. The molecule has 1 aliphatic rings. The molecule has 0 aromatic heterocycles. The molecule has 1 aliphatic heterocycles. The molecule has 0 bridgehead atoms. The van der Waals surface area contributed by atoms with Gasteiger partial charge in [-0.15, -0.1) is 0 Å². The van der Waals surface area contributed by atoms with Gasteiger partial charge in [0, 0.05) is 11.1 Å². The molecule has 0 N–H and O–H groups in total. The average molecular weight is 433 g/mol. The first kappa shape index (κ1) is 20.4. The quantitative estimate of drug-likeness (QED) is 0.235. The van der Waals surface area contributed by atoms with Crippen LogP contribution in [0.4, 0.5) is 0 Å². The third-order valence-electron chi connectivity index (χ3n) is 5.34. The molecule has 4 aromatic rings. The predicted molar refractivity (Wildman–Crippen MR) is 127 cm³/mol. The van der Waals surface area contributed by atoms with Crippen molar-refractivity contribution in [3.05, 3.63) is 119 Å². The van der Waals surface area contributed by atoms with E-state index in [0.29, 0.717) is 22.4 Å². The van der Waals surface area contributed by atoms with Gasteiger partial charge in [-0.25, -0.2) is 14.6 Å². The third-order valence-corrected chi connectivity index (χ3v) is 5.34. The molecular formula is C28H19NO4. The number of ether oxygens (including phenoxy) is 2. The summed E-state index contributed by atoms with van der Waals surface area (Å²) < 4.78 is 11.1. The van der Waals surface area contributed by atoms with Gasteiger partial charge in [0.1, 0.15) is 5.75 Å². The first-order valence-corrected chi connectivity index (χ1v) is 10.5. The zero-order valence-corrected chi connectivity index (χ0v) is 17.8. The molecule has 0 amide bonds. The highest BCUT2D eigenvalue weighted by molar-refractivity contribution is 6.13. The second-order valence-electron chi connectivity index (χ2n) is 7.66. The van der Waals surface area contributed by atoms with Crippen molar-refractivity contribution in [2.45, 2.75) is 6.92 Å². The SMILES string of the molecule is Cc1ccc(C2=NC(=Cc3ccccc3OC(=O)c3cccc4ccccc34)C(=O)O2)cc1. The van der Waals surface area contributed by atoms with Gasteiger partial charge in [-0.2, -0.15) is 0 Å². The Morgan fingerprint density at radius 1 is 0.879 bits per heavy atom. The number of carbonyl (C=O) groups excluding carboxylic acids is 2. The summed E-state index contributed by atoms with van der Waals surface area (Å²) in [6, 6.07) is 27.7. The van der Waals surface area contributed by atoms with E-state index in [9.17, 15) is 9.59 Å². The largest absolute Gasteiger partial charge is 0.422 e. The predicted octanol–water partition coefficient (Wildman–Crippen LogP) is 5.71. The maximum Gasteiger partial charge on any atom is 0.363 e. The second-order valence-corrected chi connectivity index (χ2v) is 7.66. The van der Waals surface area contributed by atoms with Gasteiger partial charge in [0.05, 0.1) is 5.56 Å². The first-order chi connectivity index (χ1) is 16.1. The van der Waals surface area contributed by atoms with E-state index in [1.54, 1.807) is 36.4 Å². The van der Waals surface area contributed by atoms with Crippen LogP contribution in [0.2, 0.25) is 0 Å². The van der Waals surface area contributed by atoms with E-state index in [4.69, 9.17) is 9.47 Å². The molecule has 33 heavy (non-hydrogen) atoms. The highest BCUT2D eigenvalue weighted by Gasteiger charge is 2.25. The number of benzene rings is 4. The Balaban J connectivity index is 1.45. The van der Waals surface area contributed by atoms with Crippen molar-refractivity contribution in [3.63, 3.8) is 0 Å². The van der Waals surface area contributed by atoms with Crippen molar-refractivity contribution >= 4 is 34.7 Å². The maximum atomic E-state index is 13.0. The molecule has 5 nitrogen and oxygen atoms in total. The van der Waals surface area contributed by atoms with Crippen molar-refractivity contribution in [1.82, 2.24) is 0 Å². The van der Waals surface area contributed by atoms with E-state index in [1.807, 2.05) is 67.6 Å². The van der Waals surface area contributed by atoms with Gasteiger partial charge in [0.2, 0.25) is 5.90 Å². The van der Waals surface area contributed by atoms with Crippen molar-refractivity contribution in [3.8, 4) is 5.75 Å². The monoisotopic (exact) mass is 433 g/mol. The molecule has 0 spiro atoms. The summed E-state index contributed by atoms with van der Waals surface area (Å²) in [7, 11) is 0. The van der Waals surface area contributed by atoms with Gasteiger partial charge in [-0.05, 0) is 48.0 Å². The number of rotatable bonds is 4. The zero-order valence-electron chi connectivity index (χ0n) is 17.8. The number of hydrogen-bond donors (Lipinski definition) is 0. The topological polar surface area (TPSA) is 65.0 Å². The average Bonchev–Trinajstić information content (AvgIpc) is 3.20. The van der Waals surface area contributed by atoms with Crippen LogP contribution in [0.25, 0.3) is 16.8 Å². The molecule has 1 heterocycles. The molecule has 0 atom stereocenters. The van der Waals surface area contributed by atoms with Crippen LogP contribution in [-0.2, 0) is 9.53 Å². The van der Waals surface area contributed by atoms with Crippen molar-refractivity contribution in [2.24, 2.45) is 4.99 Å². The fourth-order valence-electron chi connectivity index (χ4n) is 3.63. The van der Waals surface area contributed by atoms with Crippen LogP contribution in [0, 0.1) is 6.92 Å². The summed E-state index contributed by atoms with van der Waals surface area (Å²) >= 11 is 0. The summed E-state index contributed by atoms with van der Waals surface area (Å²) in [4.78, 5) is 29.8. The van der Waals surface area contributed by atoms with Crippen LogP contribution in [-0.4, -0.2) is 17.8 Å². The fourth-order valence-corrected chi connectivity index (χ4v) is 3.63. The Labute approximate surface area is 190 Å².